The molecular formula is C24H26F3N7O. The molecule has 35 heavy (non-hydrogen) atoms. The van der Waals surface area contributed by atoms with Crippen molar-refractivity contribution in [2.75, 3.05) is 13.1 Å². The first-order valence-electron chi connectivity index (χ1n) is 11.0. The monoisotopic (exact) mass is 485 g/mol. The van der Waals surface area contributed by atoms with Crippen molar-refractivity contribution in [3.63, 3.8) is 0 Å². The molecule has 3 aromatic rings. The highest BCUT2D eigenvalue weighted by Gasteiger charge is 2.18. The maximum absolute atomic E-state index is 9.67. The van der Waals surface area contributed by atoms with E-state index in [0.717, 1.165) is 42.8 Å². The number of nitrogens with zero attached hydrogens (tertiary/aromatic N) is 5. The second-order valence-electron chi connectivity index (χ2n) is 7.75. The number of piperidine rings is 1. The van der Waals surface area contributed by atoms with E-state index in [1.165, 1.54) is 6.20 Å². The van der Waals surface area contributed by atoms with E-state index in [2.05, 4.69) is 21.6 Å². The van der Waals surface area contributed by atoms with E-state index in [1.807, 2.05) is 43.3 Å². The second-order valence-corrected chi connectivity index (χ2v) is 7.75. The van der Waals surface area contributed by atoms with Crippen molar-refractivity contribution in [1.82, 2.24) is 14.9 Å². The molecule has 1 aliphatic rings. The Morgan fingerprint density at radius 1 is 1.29 bits per heavy atom. The van der Waals surface area contributed by atoms with Crippen LogP contribution < -0.4 is 15.9 Å². The molecule has 0 spiro atoms. The number of nitrogens with one attached hydrogen (secondary N) is 1. The third kappa shape index (κ3) is 7.04. The van der Waals surface area contributed by atoms with Crippen molar-refractivity contribution in [2.24, 2.45) is 15.9 Å². The molecule has 0 aliphatic carbocycles. The summed E-state index contributed by atoms with van der Waals surface area (Å²) in [6.07, 6.45) is 5.32. The van der Waals surface area contributed by atoms with Crippen LogP contribution in [-0.2, 0) is 6.61 Å². The molecule has 3 N–H and O–H groups in total. The number of fused-ring (bicyclic) bond motifs is 1. The van der Waals surface area contributed by atoms with Gasteiger partial charge in [0.05, 0.1) is 18.0 Å². The van der Waals surface area contributed by atoms with E-state index in [4.69, 9.17) is 15.6 Å². The minimum absolute atomic E-state index is 0.255. The minimum Gasteiger partial charge on any atom is -0.487 e. The molecule has 0 radical (unpaired) electrons. The quantitative estimate of drug-likeness (QED) is 0.313. The fourth-order valence-corrected chi connectivity index (χ4v) is 3.79. The number of nitriles is 1. The summed E-state index contributed by atoms with van der Waals surface area (Å²) in [6, 6.07) is 14.2. The number of pyridine rings is 1. The first-order valence-corrected chi connectivity index (χ1v) is 11.0. The summed E-state index contributed by atoms with van der Waals surface area (Å²) < 4.78 is 36.8. The number of aromatic nitrogens is 2. The van der Waals surface area contributed by atoms with Crippen LogP contribution in [-0.4, -0.2) is 46.8 Å². The van der Waals surface area contributed by atoms with Crippen molar-refractivity contribution in [3.8, 4) is 11.8 Å². The third-order valence-corrected chi connectivity index (χ3v) is 5.36. The standard InChI is InChI=1S/C23H25N7O.CHF3/c1-16(28-20-7-9-26-10-8-20)22(29-25)18-11-21(31-15-17-5-3-2-4-6-17)23-19(12-24)13-27-30(23)14-18;2-1(3)4/h2-6,11,13-14,20,26H,7-10,15,25H2,1H3;1H/b28-16?,29-22+;. The average Bonchev–Trinajstić information content (AvgIpc) is 3.27. The second kappa shape index (κ2) is 12.5. The van der Waals surface area contributed by atoms with Crippen LogP contribution in [0.2, 0.25) is 0 Å². The zero-order valence-corrected chi connectivity index (χ0v) is 19.2. The molecule has 0 bridgehead atoms. The molecule has 1 saturated heterocycles. The molecule has 1 fully saturated rings. The van der Waals surface area contributed by atoms with Crippen LogP contribution in [0.4, 0.5) is 13.2 Å². The third-order valence-electron chi connectivity index (χ3n) is 5.36. The molecule has 184 valence electrons. The first kappa shape index (κ1) is 25.7. The Kier molecular flexibility index (Phi) is 9.20. The zero-order valence-electron chi connectivity index (χ0n) is 19.2. The summed E-state index contributed by atoms with van der Waals surface area (Å²) in [5.74, 6) is 6.32. The first-order chi connectivity index (χ1) is 16.9. The molecule has 2 aromatic heterocycles. The normalized spacial score (nSPS) is 15.0. The van der Waals surface area contributed by atoms with Gasteiger partial charge in [-0.1, -0.05) is 30.3 Å². The van der Waals surface area contributed by atoms with Gasteiger partial charge in [-0.05, 0) is 44.5 Å². The molecule has 4 rings (SSSR count). The minimum atomic E-state index is -3.67. The van der Waals surface area contributed by atoms with Crippen molar-refractivity contribution < 1.29 is 17.9 Å². The molecule has 0 unspecified atom stereocenters. The summed E-state index contributed by atoms with van der Waals surface area (Å²) in [5, 5.41) is 21.2. The fourth-order valence-electron chi connectivity index (χ4n) is 3.79. The number of nitrogens with two attached hydrogens (primary N) is 1. The maximum Gasteiger partial charge on any atom is 0.379 e. The van der Waals surface area contributed by atoms with E-state index in [9.17, 15) is 18.4 Å². The van der Waals surface area contributed by atoms with Crippen LogP contribution in [0.15, 0.2) is 58.9 Å². The topological polar surface area (TPSA) is 113 Å². The number of alkyl halides is 3. The van der Waals surface area contributed by atoms with Gasteiger partial charge in [-0.25, -0.2) is 4.52 Å². The van der Waals surface area contributed by atoms with E-state index in [0.29, 0.717) is 29.1 Å². The number of hydrogen-bond acceptors (Lipinski definition) is 7. The lowest BCUT2D eigenvalue weighted by molar-refractivity contribution is 0.00819. The Balaban J connectivity index is 0.000000795. The molecule has 0 atom stereocenters. The number of hydrazone groups is 1. The molecule has 8 nitrogen and oxygen atoms in total. The van der Waals surface area contributed by atoms with Gasteiger partial charge in [-0.2, -0.15) is 28.6 Å². The van der Waals surface area contributed by atoms with Crippen LogP contribution in [0.5, 0.6) is 5.75 Å². The zero-order chi connectivity index (χ0) is 25.2. The van der Waals surface area contributed by atoms with Gasteiger partial charge in [0.15, 0.2) is 0 Å². The Labute approximate surface area is 200 Å². The lowest BCUT2D eigenvalue weighted by atomic mass is 10.0. The number of hydrogen-bond donors (Lipinski definition) is 2. The maximum atomic E-state index is 9.67. The van der Waals surface area contributed by atoms with Gasteiger partial charge in [-0.3, -0.25) is 4.99 Å². The van der Waals surface area contributed by atoms with Gasteiger partial charge < -0.3 is 15.9 Å². The molecule has 3 heterocycles. The number of benzene rings is 1. The largest absolute Gasteiger partial charge is 0.487 e. The summed E-state index contributed by atoms with van der Waals surface area (Å²) in [5.41, 5.74) is 4.18. The van der Waals surface area contributed by atoms with E-state index < -0.39 is 6.68 Å². The van der Waals surface area contributed by atoms with E-state index in [-0.39, 0.29) is 6.04 Å². The summed E-state index contributed by atoms with van der Waals surface area (Å²) in [4.78, 5) is 4.85. The SMILES string of the molecule is CC(=NC1CCNCC1)/C(=N\N)c1cc(OCc2ccccc2)c2c(C#N)cnn2c1.FC(F)F. The molecule has 11 heteroatoms. The lowest BCUT2D eigenvalue weighted by Gasteiger charge is -2.20. The Hall–Kier alpha value is -3.91. The van der Waals surface area contributed by atoms with Crippen LogP contribution in [0, 0.1) is 11.3 Å². The molecule has 1 aromatic carbocycles. The predicted octanol–water partition coefficient (Wildman–Crippen LogP) is 3.84. The van der Waals surface area contributed by atoms with Crippen LogP contribution in [0.25, 0.3) is 5.52 Å². The van der Waals surface area contributed by atoms with Gasteiger partial charge in [-0.15, -0.1) is 0 Å². The molecular weight excluding hydrogens is 459 g/mol. The van der Waals surface area contributed by atoms with Crippen molar-refractivity contribution in [2.45, 2.75) is 39.1 Å². The summed E-state index contributed by atoms with van der Waals surface area (Å²) in [6.45, 7) is 0.549. The molecule has 0 amide bonds. The molecule has 1 aliphatic heterocycles. The number of rotatable bonds is 6. The fraction of sp³-hybridized carbons (Fsp3) is 0.333. The van der Waals surface area contributed by atoms with Gasteiger partial charge in [0.1, 0.15) is 35.2 Å². The highest BCUT2D eigenvalue weighted by molar-refractivity contribution is 6.47. The lowest BCUT2D eigenvalue weighted by Crippen LogP contribution is -2.31. The Bertz CT molecular complexity index is 1210. The van der Waals surface area contributed by atoms with Gasteiger partial charge in [0.2, 0.25) is 0 Å². The van der Waals surface area contributed by atoms with Gasteiger partial charge in [0.25, 0.3) is 0 Å². The summed E-state index contributed by atoms with van der Waals surface area (Å²) in [7, 11) is 0. The van der Waals surface area contributed by atoms with Crippen molar-refractivity contribution in [1.29, 1.82) is 5.26 Å². The van der Waals surface area contributed by atoms with E-state index >= 15 is 0 Å². The van der Waals surface area contributed by atoms with Crippen molar-refractivity contribution in [3.05, 3.63) is 65.5 Å². The predicted molar refractivity (Wildman–Crippen MR) is 128 cm³/mol. The van der Waals surface area contributed by atoms with Crippen LogP contribution >= 0.6 is 0 Å². The van der Waals surface area contributed by atoms with Gasteiger partial charge in [0, 0.05) is 11.8 Å². The number of aliphatic imine (C=N–C) groups is 1. The Morgan fingerprint density at radius 3 is 2.60 bits per heavy atom. The average molecular weight is 486 g/mol. The van der Waals surface area contributed by atoms with E-state index in [1.54, 1.807) is 10.7 Å². The highest BCUT2D eigenvalue weighted by Crippen LogP contribution is 2.26. The smallest absolute Gasteiger partial charge is 0.379 e. The number of ether oxygens (including phenoxy) is 1. The summed E-state index contributed by atoms with van der Waals surface area (Å²) >= 11 is 0. The molecule has 0 saturated carbocycles. The Morgan fingerprint density at radius 2 is 1.97 bits per heavy atom. The van der Waals surface area contributed by atoms with Crippen LogP contribution in [0.3, 0.4) is 0 Å². The van der Waals surface area contributed by atoms with Crippen LogP contribution in [0.1, 0.15) is 36.5 Å². The van der Waals surface area contributed by atoms with Crippen molar-refractivity contribution >= 4 is 16.9 Å². The highest BCUT2D eigenvalue weighted by atomic mass is 19.4. The van der Waals surface area contributed by atoms with Gasteiger partial charge >= 0.3 is 6.68 Å². The number of halogens is 3.